The SMILES string of the molecule is COc1cccc([C@@H]2[C@@H](C(=O)Nc3nccs3)[C@H](C)Nc3ncnn32)c1. The summed E-state index contributed by atoms with van der Waals surface area (Å²) in [4.78, 5) is 21.5. The average molecular weight is 370 g/mol. The zero-order chi connectivity index (χ0) is 18.1. The Hall–Kier alpha value is -2.94. The minimum absolute atomic E-state index is 0.117. The maximum absolute atomic E-state index is 13.1. The molecule has 0 saturated heterocycles. The van der Waals surface area contributed by atoms with Gasteiger partial charge in [0.1, 0.15) is 12.1 Å². The van der Waals surface area contributed by atoms with Gasteiger partial charge in [0.25, 0.3) is 0 Å². The molecule has 1 aliphatic rings. The molecule has 0 spiro atoms. The van der Waals surface area contributed by atoms with Crippen molar-refractivity contribution < 1.29 is 9.53 Å². The summed E-state index contributed by atoms with van der Waals surface area (Å²) in [6.07, 6.45) is 3.15. The molecule has 1 amide bonds. The van der Waals surface area contributed by atoms with Crippen LogP contribution in [0.3, 0.4) is 0 Å². The predicted molar refractivity (Wildman–Crippen MR) is 98.5 cm³/mol. The second-order valence-corrected chi connectivity index (χ2v) is 6.93. The topological polar surface area (TPSA) is 94.0 Å². The van der Waals surface area contributed by atoms with Crippen LogP contribution in [0.4, 0.5) is 11.1 Å². The second kappa shape index (κ2) is 6.75. The normalized spacial score (nSPS) is 21.5. The molecule has 2 N–H and O–H groups in total. The Kier molecular flexibility index (Phi) is 4.29. The van der Waals surface area contributed by atoms with Crippen molar-refractivity contribution in [2.24, 2.45) is 5.92 Å². The van der Waals surface area contributed by atoms with E-state index in [4.69, 9.17) is 4.74 Å². The number of aromatic nitrogens is 4. The van der Waals surface area contributed by atoms with Gasteiger partial charge in [0.05, 0.1) is 19.1 Å². The van der Waals surface area contributed by atoms with Gasteiger partial charge in [-0.3, -0.25) is 4.79 Å². The summed E-state index contributed by atoms with van der Waals surface area (Å²) in [5, 5.41) is 12.9. The van der Waals surface area contributed by atoms with Crippen LogP contribution in [0.15, 0.2) is 42.2 Å². The third-order valence-corrected chi connectivity index (χ3v) is 5.16. The molecular formula is C17H18N6O2S. The van der Waals surface area contributed by atoms with E-state index in [-0.39, 0.29) is 18.0 Å². The predicted octanol–water partition coefficient (Wildman–Crippen LogP) is 2.40. The number of methoxy groups -OCH3 is 1. The number of nitrogens with one attached hydrogen (secondary N) is 2. The molecule has 0 saturated carbocycles. The first kappa shape index (κ1) is 16.5. The number of hydrogen-bond donors (Lipinski definition) is 2. The quantitative estimate of drug-likeness (QED) is 0.732. The van der Waals surface area contributed by atoms with E-state index in [0.29, 0.717) is 11.1 Å². The average Bonchev–Trinajstić information content (AvgIpc) is 3.32. The van der Waals surface area contributed by atoms with Gasteiger partial charge >= 0.3 is 0 Å². The van der Waals surface area contributed by atoms with Crippen LogP contribution in [0.2, 0.25) is 0 Å². The number of thiazole rings is 1. The molecule has 3 atom stereocenters. The van der Waals surface area contributed by atoms with E-state index in [1.54, 1.807) is 18.0 Å². The number of benzene rings is 1. The molecule has 1 aliphatic heterocycles. The molecule has 0 unspecified atom stereocenters. The van der Waals surface area contributed by atoms with E-state index in [9.17, 15) is 4.79 Å². The lowest BCUT2D eigenvalue weighted by atomic mass is 9.85. The Balaban J connectivity index is 1.75. The molecule has 0 aliphatic carbocycles. The second-order valence-electron chi connectivity index (χ2n) is 6.03. The van der Waals surface area contributed by atoms with E-state index in [1.807, 2.05) is 36.6 Å². The zero-order valence-corrected chi connectivity index (χ0v) is 15.1. The summed E-state index contributed by atoms with van der Waals surface area (Å²) in [7, 11) is 1.62. The fraction of sp³-hybridized carbons (Fsp3) is 0.294. The maximum Gasteiger partial charge on any atom is 0.233 e. The summed E-state index contributed by atoms with van der Waals surface area (Å²) in [5.41, 5.74) is 0.934. The molecular weight excluding hydrogens is 352 g/mol. The summed E-state index contributed by atoms with van der Waals surface area (Å²) >= 11 is 1.39. The van der Waals surface area contributed by atoms with E-state index in [1.165, 1.54) is 17.7 Å². The highest BCUT2D eigenvalue weighted by atomic mass is 32.1. The first-order chi connectivity index (χ1) is 12.7. The third kappa shape index (κ3) is 2.90. The maximum atomic E-state index is 13.1. The zero-order valence-electron chi connectivity index (χ0n) is 14.3. The molecule has 3 aromatic rings. The smallest absolute Gasteiger partial charge is 0.233 e. The van der Waals surface area contributed by atoms with Crippen molar-refractivity contribution >= 4 is 28.3 Å². The van der Waals surface area contributed by atoms with Crippen molar-refractivity contribution in [3.63, 3.8) is 0 Å². The van der Waals surface area contributed by atoms with Crippen molar-refractivity contribution in [1.29, 1.82) is 0 Å². The Morgan fingerprint density at radius 3 is 3.04 bits per heavy atom. The highest BCUT2D eigenvalue weighted by molar-refractivity contribution is 7.13. The Labute approximate surface area is 154 Å². The van der Waals surface area contributed by atoms with Crippen molar-refractivity contribution in [3.05, 3.63) is 47.7 Å². The van der Waals surface area contributed by atoms with Gasteiger partial charge in [-0.05, 0) is 24.6 Å². The number of carbonyl (C=O) groups is 1. The van der Waals surface area contributed by atoms with E-state index >= 15 is 0 Å². The van der Waals surface area contributed by atoms with Gasteiger partial charge < -0.3 is 15.4 Å². The van der Waals surface area contributed by atoms with Crippen LogP contribution in [-0.4, -0.2) is 38.8 Å². The minimum Gasteiger partial charge on any atom is -0.497 e. The minimum atomic E-state index is -0.403. The number of carbonyl (C=O) groups excluding carboxylic acids is 1. The van der Waals surface area contributed by atoms with Crippen LogP contribution in [0, 0.1) is 5.92 Å². The number of ether oxygens (including phenoxy) is 1. The van der Waals surface area contributed by atoms with Gasteiger partial charge in [0.2, 0.25) is 11.9 Å². The van der Waals surface area contributed by atoms with Crippen molar-refractivity contribution in [2.45, 2.75) is 19.0 Å². The van der Waals surface area contributed by atoms with Crippen LogP contribution < -0.4 is 15.4 Å². The highest BCUT2D eigenvalue weighted by Gasteiger charge is 2.41. The summed E-state index contributed by atoms with van der Waals surface area (Å²) in [5.74, 6) is 0.854. The van der Waals surface area contributed by atoms with Gasteiger partial charge in [0.15, 0.2) is 5.13 Å². The van der Waals surface area contributed by atoms with Gasteiger partial charge in [-0.2, -0.15) is 10.1 Å². The van der Waals surface area contributed by atoms with Crippen molar-refractivity contribution in [3.8, 4) is 5.75 Å². The summed E-state index contributed by atoms with van der Waals surface area (Å²) in [6, 6.07) is 7.24. The van der Waals surface area contributed by atoms with Crippen LogP contribution in [0.1, 0.15) is 18.5 Å². The van der Waals surface area contributed by atoms with Gasteiger partial charge in [-0.25, -0.2) is 9.67 Å². The van der Waals surface area contributed by atoms with Crippen molar-refractivity contribution in [2.75, 3.05) is 17.7 Å². The monoisotopic (exact) mass is 370 g/mol. The summed E-state index contributed by atoms with van der Waals surface area (Å²) in [6.45, 7) is 1.97. The highest BCUT2D eigenvalue weighted by Crippen LogP contribution is 2.37. The lowest BCUT2D eigenvalue weighted by Gasteiger charge is -2.36. The number of anilines is 2. The van der Waals surface area contributed by atoms with Crippen LogP contribution >= 0.6 is 11.3 Å². The molecule has 0 bridgehead atoms. The third-order valence-electron chi connectivity index (χ3n) is 4.47. The molecule has 2 aromatic heterocycles. The van der Waals surface area contributed by atoms with Crippen LogP contribution in [-0.2, 0) is 4.79 Å². The van der Waals surface area contributed by atoms with Gasteiger partial charge in [-0.15, -0.1) is 11.3 Å². The fourth-order valence-electron chi connectivity index (χ4n) is 3.29. The molecule has 4 rings (SSSR count). The standard InChI is InChI=1S/C17H18N6O2S/c1-10-13(15(24)22-17-18-6-7-26-17)14(23-16(21-10)19-9-20-23)11-4-3-5-12(8-11)25-2/h3-10,13-14H,1-2H3,(H,18,22,24)(H,19,20,21)/t10-,13-,14+/m0/s1. The molecule has 1 aromatic carbocycles. The number of rotatable bonds is 4. The molecule has 0 fully saturated rings. The van der Waals surface area contributed by atoms with Crippen LogP contribution in [0.5, 0.6) is 5.75 Å². The molecule has 9 heteroatoms. The number of amides is 1. The lowest BCUT2D eigenvalue weighted by molar-refractivity contribution is -0.121. The van der Waals surface area contributed by atoms with E-state index < -0.39 is 5.92 Å². The number of hydrogen-bond acceptors (Lipinski definition) is 7. The van der Waals surface area contributed by atoms with E-state index in [0.717, 1.165) is 11.3 Å². The largest absolute Gasteiger partial charge is 0.497 e. The molecule has 3 heterocycles. The fourth-order valence-corrected chi connectivity index (χ4v) is 3.83. The lowest BCUT2D eigenvalue weighted by Crippen LogP contribution is -2.46. The van der Waals surface area contributed by atoms with Crippen molar-refractivity contribution in [1.82, 2.24) is 19.7 Å². The molecule has 134 valence electrons. The Morgan fingerprint density at radius 1 is 1.38 bits per heavy atom. The first-order valence-corrected chi connectivity index (χ1v) is 9.05. The van der Waals surface area contributed by atoms with Crippen LogP contribution in [0.25, 0.3) is 0 Å². The molecule has 0 radical (unpaired) electrons. The summed E-state index contributed by atoms with van der Waals surface area (Å²) < 4.78 is 7.10. The van der Waals surface area contributed by atoms with Gasteiger partial charge in [0, 0.05) is 17.6 Å². The Bertz CT molecular complexity index is 910. The van der Waals surface area contributed by atoms with Gasteiger partial charge in [-0.1, -0.05) is 12.1 Å². The Morgan fingerprint density at radius 2 is 2.27 bits per heavy atom. The number of nitrogens with zero attached hydrogens (tertiary/aromatic N) is 4. The first-order valence-electron chi connectivity index (χ1n) is 8.17. The van der Waals surface area contributed by atoms with E-state index in [2.05, 4.69) is 25.7 Å². The molecule has 8 nitrogen and oxygen atoms in total. The number of fused-ring (bicyclic) bond motifs is 1. The molecule has 26 heavy (non-hydrogen) atoms.